The number of hydrogen-bond acceptors (Lipinski definition) is 0. The molecule has 0 nitrogen and oxygen atoms in total. The van der Waals surface area contributed by atoms with E-state index < -0.39 is 0 Å². The van der Waals surface area contributed by atoms with Gasteiger partial charge in [0.2, 0.25) is 0 Å². The third kappa shape index (κ3) is 1.87. The highest BCUT2D eigenvalue weighted by Crippen LogP contribution is 1.42. The van der Waals surface area contributed by atoms with Crippen LogP contribution in [0.3, 0.4) is 0 Å². The lowest BCUT2D eigenvalue weighted by molar-refractivity contribution is 2.50. The van der Waals surface area contributed by atoms with Gasteiger partial charge in [-0.3, -0.25) is 0 Å². The fourth-order valence-corrected chi connectivity index (χ4v) is 0. The van der Waals surface area contributed by atoms with Crippen LogP contribution in [0.2, 0.25) is 0 Å². The van der Waals surface area contributed by atoms with Gasteiger partial charge < -0.3 is 0 Å². The Morgan fingerprint density at radius 3 is 1.25 bits per heavy atom. The molecule has 0 spiro atoms. The zero-order valence-electron chi connectivity index (χ0n) is 2.31. The quantitative estimate of drug-likeness (QED) is 0.332. The van der Waals surface area contributed by atoms with Crippen LogP contribution in [0.1, 0.15) is 0 Å². The second-order valence-corrected chi connectivity index (χ2v) is 0.385. The molecule has 0 atom stereocenters. The third-order valence-corrected chi connectivity index (χ3v) is 0.111. The second kappa shape index (κ2) is 2.87. The highest BCUT2D eigenvalue weighted by Gasteiger charge is 1.36. The van der Waals surface area contributed by atoms with Gasteiger partial charge in [0.15, 0.2) is 0 Å². The van der Waals surface area contributed by atoms with Gasteiger partial charge in [-0.2, -0.15) is 0 Å². The number of hydrogen-bond donors (Lipinski definition) is 0. The molecule has 0 saturated heterocycles. The lowest BCUT2D eigenvalue weighted by Crippen LogP contribution is -1.47. The Morgan fingerprint density at radius 1 is 1.00 bits per heavy atom. The normalized spacial score (nSPS) is 9.00. The summed E-state index contributed by atoms with van der Waals surface area (Å²) in [6.45, 7) is 0. The van der Waals surface area contributed by atoms with E-state index in [-0.39, 0.29) is 0 Å². The molecule has 0 aliphatic carbocycles. The van der Waals surface area contributed by atoms with Crippen LogP contribution < -0.4 is 0 Å². The minimum atomic E-state index is 1.28. The Labute approximate surface area is 28.7 Å². The molecule has 0 aromatic rings. The molecule has 0 fully saturated rings. The van der Waals surface area contributed by atoms with Crippen LogP contribution in [0.5, 0.6) is 0 Å². The molecule has 16 valence electrons. The Morgan fingerprint density at radius 2 is 1.25 bits per heavy atom. The fraction of sp³-hybridized carbons (Fsp3) is 0. The van der Waals surface area contributed by atoms with Gasteiger partial charge in [0.05, 0.1) is 0 Å². The second-order valence-electron chi connectivity index (χ2n) is 0.385. The topological polar surface area (TPSA) is 0 Å². The molecule has 0 bridgehead atoms. The van der Waals surface area contributed by atoms with Crippen molar-refractivity contribution in [2.24, 2.45) is 0 Å². The van der Waals surface area contributed by atoms with E-state index in [1.165, 1.54) is 12.0 Å². The van der Waals surface area contributed by atoms with Gasteiger partial charge in [-0.1, -0.05) is 0 Å². The average molecular weight is 47.7 g/mol. The van der Waals surface area contributed by atoms with Gasteiger partial charge in [0.25, 0.3) is 0 Å². The molecule has 0 aromatic carbocycles. The van der Waals surface area contributed by atoms with Gasteiger partial charge in [-0.25, -0.2) is 0 Å². The molecule has 0 amide bonds. The van der Waals surface area contributed by atoms with Crippen molar-refractivity contribution < 1.29 is 0 Å². The molecule has 4 heavy (non-hydrogen) atoms. The molecule has 0 saturated carbocycles. The van der Waals surface area contributed by atoms with E-state index in [1.807, 2.05) is 0 Å². The molecule has 4 radical (unpaired) electrons. The predicted molar refractivity (Wildman–Crippen MR) is 20.6 cm³/mol. The molecular formula is C2H2B2. The van der Waals surface area contributed by atoms with Crippen LogP contribution in [-0.4, -0.2) is 15.7 Å². The number of rotatable bonds is 0. The average Bonchev–Trinajstić information content (AvgIpc) is 1.37. The van der Waals surface area contributed by atoms with Crippen molar-refractivity contribution in [3.8, 4) is 0 Å². The van der Waals surface area contributed by atoms with Crippen LogP contribution in [0.4, 0.5) is 0 Å². The van der Waals surface area contributed by atoms with Crippen LogP contribution in [0, 0.1) is 0 Å². The Bertz CT molecular complexity index is 19.2. The first-order chi connectivity index (χ1) is 1.91. The van der Waals surface area contributed by atoms with Gasteiger partial charge in [0.1, 0.15) is 15.7 Å². The molecule has 0 unspecified atom stereocenters. The van der Waals surface area contributed by atoms with Crippen molar-refractivity contribution >= 4 is 15.7 Å². The van der Waals surface area contributed by atoms with Gasteiger partial charge in [-0.05, 0) is 0 Å². The van der Waals surface area contributed by atoms with Crippen molar-refractivity contribution in [3.05, 3.63) is 12.0 Å². The SMILES string of the molecule is [B]C=C[B]. The summed E-state index contributed by atoms with van der Waals surface area (Å²) in [6.07, 6.45) is 0. The standard InChI is InChI=1S/C2H2B2/c3-1-2-4/h1-2H. The third-order valence-electron chi connectivity index (χ3n) is 0.111. The Kier molecular flexibility index (Phi) is 2.78. The van der Waals surface area contributed by atoms with E-state index >= 15 is 0 Å². The minimum absolute atomic E-state index is 1.28. The minimum Gasteiger partial charge on any atom is -0.145 e. The van der Waals surface area contributed by atoms with Crippen molar-refractivity contribution in [3.63, 3.8) is 0 Å². The predicted octanol–water partition coefficient (Wildman–Crippen LogP) is -0.205. The van der Waals surface area contributed by atoms with Crippen molar-refractivity contribution in [2.75, 3.05) is 0 Å². The Balaban J connectivity index is 2.55. The van der Waals surface area contributed by atoms with Gasteiger partial charge >= 0.3 is 0 Å². The van der Waals surface area contributed by atoms with Gasteiger partial charge in [0, 0.05) is 0 Å². The highest BCUT2D eigenvalue weighted by molar-refractivity contribution is 6.25. The lowest BCUT2D eigenvalue weighted by Gasteiger charge is -1.48. The largest absolute Gasteiger partial charge is 0.145 e. The maximum atomic E-state index is 4.72. The first-order valence-electron chi connectivity index (χ1n) is 1.00. The molecular weight excluding hydrogens is 45.6 g/mol. The van der Waals surface area contributed by atoms with E-state index in [9.17, 15) is 0 Å². The van der Waals surface area contributed by atoms with Gasteiger partial charge in [-0.15, -0.1) is 12.0 Å². The van der Waals surface area contributed by atoms with E-state index in [2.05, 4.69) is 0 Å². The Hall–Kier alpha value is -0.130. The van der Waals surface area contributed by atoms with Crippen LogP contribution in [-0.2, 0) is 0 Å². The lowest BCUT2D eigenvalue weighted by atomic mass is 10.0. The molecule has 0 aliphatic heterocycles. The molecule has 0 N–H and O–H groups in total. The van der Waals surface area contributed by atoms with Crippen molar-refractivity contribution in [1.29, 1.82) is 0 Å². The summed E-state index contributed by atoms with van der Waals surface area (Å²) < 4.78 is 0. The molecule has 0 heterocycles. The van der Waals surface area contributed by atoms with Crippen LogP contribution >= 0.6 is 0 Å². The first-order valence-corrected chi connectivity index (χ1v) is 1.00. The molecule has 0 rings (SSSR count). The summed E-state index contributed by atoms with van der Waals surface area (Å²) >= 11 is 0. The monoisotopic (exact) mass is 48.0 g/mol. The summed E-state index contributed by atoms with van der Waals surface area (Å²) in [5.74, 6) is 2.56. The molecule has 0 aromatic heterocycles. The van der Waals surface area contributed by atoms with E-state index in [1.54, 1.807) is 0 Å². The highest BCUT2D eigenvalue weighted by atomic mass is 13.1. The zero-order valence-corrected chi connectivity index (χ0v) is 2.31. The van der Waals surface area contributed by atoms with Crippen molar-refractivity contribution in [1.82, 2.24) is 0 Å². The maximum Gasteiger partial charge on any atom is 0.101 e. The smallest absolute Gasteiger partial charge is 0.101 e. The summed E-state index contributed by atoms with van der Waals surface area (Å²) in [5, 5.41) is 0. The maximum absolute atomic E-state index is 4.72. The summed E-state index contributed by atoms with van der Waals surface area (Å²) in [4.78, 5) is 0. The fourth-order valence-electron chi connectivity index (χ4n) is 0. The first kappa shape index (κ1) is 3.87. The van der Waals surface area contributed by atoms with E-state index in [0.717, 1.165) is 0 Å². The summed E-state index contributed by atoms with van der Waals surface area (Å²) in [7, 11) is 9.44. The van der Waals surface area contributed by atoms with E-state index in [0.29, 0.717) is 0 Å². The zero-order chi connectivity index (χ0) is 3.41. The van der Waals surface area contributed by atoms with E-state index in [4.69, 9.17) is 15.7 Å². The van der Waals surface area contributed by atoms with Crippen molar-refractivity contribution in [2.45, 2.75) is 0 Å². The van der Waals surface area contributed by atoms with Crippen LogP contribution in [0.15, 0.2) is 12.0 Å². The van der Waals surface area contributed by atoms with Crippen LogP contribution in [0.25, 0.3) is 0 Å². The molecule has 2 heteroatoms. The summed E-state index contributed by atoms with van der Waals surface area (Å²) in [5.41, 5.74) is 0. The summed E-state index contributed by atoms with van der Waals surface area (Å²) in [6, 6.07) is 0. The molecule has 0 aliphatic rings.